The van der Waals surface area contributed by atoms with Crippen molar-refractivity contribution in [1.29, 1.82) is 0 Å². The van der Waals surface area contributed by atoms with Gasteiger partial charge in [-0.3, -0.25) is 4.79 Å². The minimum atomic E-state index is -0.930. The fourth-order valence-corrected chi connectivity index (χ4v) is 2.66. The van der Waals surface area contributed by atoms with Crippen molar-refractivity contribution in [3.8, 4) is 5.75 Å². The Balaban J connectivity index is 0.00000141. The van der Waals surface area contributed by atoms with Crippen LogP contribution in [-0.2, 0) is 16.0 Å². The van der Waals surface area contributed by atoms with Crippen molar-refractivity contribution in [2.75, 3.05) is 27.8 Å². The van der Waals surface area contributed by atoms with E-state index < -0.39 is 29.0 Å². The second kappa shape index (κ2) is 12.0. The fraction of sp³-hybridized carbons (Fsp3) is 0.273. The molecule has 0 aliphatic heterocycles. The second-order valence-electron chi connectivity index (χ2n) is 6.06. The summed E-state index contributed by atoms with van der Waals surface area (Å²) in [6.45, 7) is 4.99. The van der Waals surface area contributed by atoms with Gasteiger partial charge in [0.1, 0.15) is 23.0 Å². The number of Topliss-reactive ketones (excluding diaryl/α,β-unsaturated/α-hetero) is 1. The van der Waals surface area contributed by atoms with Gasteiger partial charge in [0.05, 0.1) is 24.3 Å². The highest BCUT2D eigenvalue weighted by Crippen LogP contribution is 2.29. The van der Waals surface area contributed by atoms with Crippen molar-refractivity contribution < 1.29 is 27.8 Å². The molecule has 0 heterocycles. The lowest BCUT2D eigenvalue weighted by Crippen LogP contribution is -2.16. The van der Waals surface area contributed by atoms with Crippen LogP contribution in [0.1, 0.15) is 28.4 Å². The van der Waals surface area contributed by atoms with Gasteiger partial charge in [-0.15, -0.1) is 0 Å². The topological polar surface area (TPSA) is 64.6 Å². The van der Waals surface area contributed by atoms with Gasteiger partial charge in [0.2, 0.25) is 5.78 Å². The molecule has 0 bridgehead atoms. The van der Waals surface area contributed by atoms with Gasteiger partial charge in [-0.25, -0.2) is 13.6 Å². The molecule has 162 valence electrons. The van der Waals surface area contributed by atoms with E-state index >= 15 is 0 Å². The second-order valence-corrected chi connectivity index (χ2v) is 6.47. The monoisotopic (exact) mass is 439 g/mol. The molecule has 0 saturated carbocycles. The Hall–Kier alpha value is -2.77. The number of carbonyl (C=O) groups excluding carboxylic acids is 2. The van der Waals surface area contributed by atoms with Crippen LogP contribution in [-0.4, -0.2) is 39.6 Å². The molecule has 8 heteroatoms. The normalized spacial score (nSPS) is 9.97. The molecule has 0 spiro atoms. The van der Waals surface area contributed by atoms with E-state index in [-0.39, 0.29) is 34.9 Å². The van der Waals surface area contributed by atoms with Gasteiger partial charge in [-0.05, 0) is 44.3 Å². The number of ketones is 1. The quantitative estimate of drug-likeness (QED) is 0.228. The molecule has 2 aromatic rings. The Morgan fingerprint density at radius 3 is 2.37 bits per heavy atom. The summed E-state index contributed by atoms with van der Waals surface area (Å²) in [6, 6.07) is 6.71. The first kappa shape index (κ1) is 25.3. The van der Waals surface area contributed by atoms with Crippen LogP contribution in [0.2, 0.25) is 5.02 Å². The maximum Gasteiger partial charge on any atom is 0.341 e. The molecule has 0 aliphatic carbocycles. The van der Waals surface area contributed by atoms with Crippen LogP contribution in [0, 0.1) is 11.6 Å². The smallest absolute Gasteiger partial charge is 0.341 e. The fourth-order valence-electron chi connectivity index (χ4n) is 2.47. The van der Waals surface area contributed by atoms with Crippen LogP contribution in [0.5, 0.6) is 5.75 Å². The van der Waals surface area contributed by atoms with Crippen LogP contribution in [0.25, 0.3) is 0 Å². The van der Waals surface area contributed by atoms with E-state index in [9.17, 15) is 18.4 Å². The molecule has 0 radical (unpaired) electrons. The number of benzene rings is 2. The molecule has 0 fully saturated rings. The Kier molecular flexibility index (Phi) is 10.1. The highest BCUT2D eigenvalue weighted by Gasteiger charge is 2.24. The maximum atomic E-state index is 14.4. The zero-order chi connectivity index (χ0) is 22.8. The Morgan fingerprint density at radius 1 is 1.17 bits per heavy atom. The number of halogens is 3. The third kappa shape index (κ3) is 6.37. The molecule has 0 aliphatic rings. The first-order valence-corrected chi connectivity index (χ1v) is 9.37. The molecule has 0 amide bonds. The van der Waals surface area contributed by atoms with Gasteiger partial charge in [-0.1, -0.05) is 30.3 Å². The highest BCUT2D eigenvalue weighted by atomic mass is 35.5. The molecule has 30 heavy (non-hydrogen) atoms. The summed E-state index contributed by atoms with van der Waals surface area (Å²) >= 11 is 5.78. The van der Waals surface area contributed by atoms with E-state index in [2.05, 4.69) is 11.9 Å². The Bertz CT molecular complexity index is 932. The van der Waals surface area contributed by atoms with Gasteiger partial charge in [0.15, 0.2) is 0 Å². The van der Waals surface area contributed by atoms with Gasteiger partial charge in [-0.2, -0.15) is 0 Å². The molecule has 0 unspecified atom stereocenters. The average Bonchev–Trinajstić information content (AvgIpc) is 2.72. The van der Waals surface area contributed by atoms with E-state index in [4.69, 9.17) is 21.1 Å². The molecular formula is C22H24ClF2NO4. The summed E-state index contributed by atoms with van der Waals surface area (Å²) in [5.41, 5.74) is -0.290. The number of carbonyl (C=O) groups is 2. The zero-order valence-electron chi connectivity index (χ0n) is 17.3. The van der Waals surface area contributed by atoms with Crippen molar-refractivity contribution in [3.63, 3.8) is 0 Å². The van der Waals surface area contributed by atoms with Crippen LogP contribution in [0.3, 0.4) is 0 Å². The number of rotatable bonds is 7. The highest BCUT2D eigenvalue weighted by molar-refractivity contribution is 6.30. The molecule has 1 N–H and O–H groups in total. The number of hydrogen-bond acceptors (Lipinski definition) is 5. The summed E-state index contributed by atoms with van der Waals surface area (Å²) in [5, 5.41) is 2.69. The van der Waals surface area contributed by atoms with Crippen molar-refractivity contribution in [2.24, 2.45) is 0 Å². The first-order chi connectivity index (χ1) is 14.2. The summed E-state index contributed by atoms with van der Waals surface area (Å²) in [6.07, 6.45) is 0.00199. The number of methoxy groups -OCH3 is 1. The summed E-state index contributed by atoms with van der Waals surface area (Å²) in [7, 11) is 5.08. The standard InChI is InChI=1S/C20H17ClF2O4.C2H7N/c1-4-27-20(25)11(2)19(24)14-9-13(17(26-3)10-16(14)22)8-12-6-5-7-15(21)18(12)23;1-3-2/h5-7,9-10H,2,4,8H2,1,3H3;3H,1-2H3. The summed E-state index contributed by atoms with van der Waals surface area (Å²) in [4.78, 5) is 24.1. The molecule has 0 saturated heterocycles. The molecule has 0 atom stereocenters. The summed E-state index contributed by atoms with van der Waals surface area (Å²) < 4.78 is 38.4. The number of nitrogens with one attached hydrogen (secondary N) is 1. The lowest BCUT2D eigenvalue weighted by molar-refractivity contribution is -0.138. The van der Waals surface area contributed by atoms with Crippen molar-refractivity contribution in [2.45, 2.75) is 13.3 Å². The molecular weight excluding hydrogens is 416 g/mol. The lowest BCUT2D eigenvalue weighted by atomic mass is 9.97. The van der Waals surface area contributed by atoms with Crippen LogP contribution in [0.15, 0.2) is 42.5 Å². The Morgan fingerprint density at radius 2 is 1.80 bits per heavy atom. The molecule has 2 aromatic carbocycles. The van der Waals surface area contributed by atoms with Gasteiger partial charge >= 0.3 is 5.97 Å². The minimum absolute atomic E-state index is 0.00199. The van der Waals surface area contributed by atoms with Crippen LogP contribution in [0.4, 0.5) is 8.78 Å². The van der Waals surface area contributed by atoms with Gasteiger partial charge in [0.25, 0.3) is 0 Å². The lowest BCUT2D eigenvalue weighted by Gasteiger charge is -2.13. The van der Waals surface area contributed by atoms with Crippen LogP contribution < -0.4 is 10.1 Å². The van der Waals surface area contributed by atoms with E-state index in [1.165, 1.54) is 25.3 Å². The largest absolute Gasteiger partial charge is 0.496 e. The Labute approximate surface area is 179 Å². The van der Waals surface area contributed by atoms with E-state index in [1.54, 1.807) is 13.0 Å². The molecule has 0 aromatic heterocycles. The summed E-state index contributed by atoms with van der Waals surface area (Å²) in [5.74, 6) is -3.22. The van der Waals surface area contributed by atoms with Gasteiger partial charge < -0.3 is 14.8 Å². The predicted molar refractivity (Wildman–Crippen MR) is 112 cm³/mol. The van der Waals surface area contributed by atoms with E-state index in [0.717, 1.165) is 6.07 Å². The van der Waals surface area contributed by atoms with Crippen molar-refractivity contribution in [3.05, 3.63) is 75.8 Å². The third-order valence-electron chi connectivity index (χ3n) is 3.82. The van der Waals surface area contributed by atoms with E-state index in [1.807, 2.05) is 14.1 Å². The first-order valence-electron chi connectivity index (χ1n) is 9.00. The number of esters is 1. The van der Waals surface area contributed by atoms with Gasteiger partial charge in [0, 0.05) is 12.5 Å². The van der Waals surface area contributed by atoms with Crippen LogP contribution >= 0.6 is 11.6 Å². The third-order valence-corrected chi connectivity index (χ3v) is 4.12. The molecule has 2 rings (SSSR count). The predicted octanol–water partition coefficient (Wildman–Crippen LogP) is 4.36. The average molecular weight is 440 g/mol. The zero-order valence-corrected chi connectivity index (χ0v) is 18.0. The van der Waals surface area contributed by atoms with Crippen molar-refractivity contribution in [1.82, 2.24) is 5.32 Å². The number of hydrogen-bond donors (Lipinski definition) is 1. The maximum absolute atomic E-state index is 14.4. The minimum Gasteiger partial charge on any atom is -0.496 e. The van der Waals surface area contributed by atoms with Crippen molar-refractivity contribution >= 4 is 23.4 Å². The molecule has 5 nitrogen and oxygen atoms in total. The van der Waals surface area contributed by atoms with E-state index in [0.29, 0.717) is 5.56 Å². The SMILES string of the molecule is C=C(C(=O)OCC)C(=O)c1cc(Cc2cccc(Cl)c2F)c(OC)cc1F.CNC. The number of ether oxygens (including phenoxy) is 2.